The Labute approximate surface area is 136 Å². The highest BCUT2D eigenvalue weighted by molar-refractivity contribution is 5.69. The van der Waals surface area contributed by atoms with Crippen molar-refractivity contribution in [2.45, 2.75) is 38.0 Å². The van der Waals surface area contributed by atoms with Gasteiger partial charge in [-0.05, 0) is 31.5 Å². The van der Waals surface area contributed by atoms with Crippen molar-refractivity contribution < 1.29 is 23.1 Å². The van der Waals surface area contributed by atoms with Crippen LogP contribution in [0, 0.1) is 11.3 Å². The number of aromatic nitrogens is 1. The topological polar surface area (TPSA) is 89.2 Å². The summed E-state index contributed by atoms with van der Waals surface area (Å²) in [5.74, 6) is -1.00. The van der Waals surface area contributed by atoms with E-state index in [1.165, 1.54) is 0 Å². The minimum atomic E-state index is -4.58. The molecular weight excluding hydrogens is 325 g/mol. The SMILES string of the molecule is CCN(CC(=O)O)C1CC(Nc2nc(C(F)(F)F)ccc2C#N)C1. The molecule has 1 aliphatic rings. The Bertz CT molecular complexity index is 651. The van der Waals surface area contributed by atoms with E-state index < -0.39 is 17.8 Å². The number of nitrogens with one attached hydrogen (secondary N) is 1. The standard InChI is InChI=1S/C15H17F3N4O2/c1-2-22(8-13(23)24)11-5-10(6-11)20-14-9(7-19)3-4-12(21-14)15(16,17)18/h3-4,10-11H,2,5-6,8H2,1H3,(H,20,21)(H,23,24). The number of carbonyl (C=O) groups is 1. The Kier molecular flexibility index (Phi) is 5.29. The number of halogens is 3. The summed E-state index contributed by atoms with van der Waals surface area (Å²) in [6, 6.07) is 3.61. The van der Waals surface area contributed by atoms with E-state index in [2.05, 4.69) is 10.3 Å². The van der Waals surface area contributed by atoms with Gasteiger partial charge in [-0.15, -0.1) is 0 Å². The van der Waals surface area contributed by atoms with Crippen LogP contribution in [-0.4, -0.2) is 46.1 Å². The third-order valence-corrected chi connectivity index (χ3v) is 4.02. The van der Waals surface area contributed by atoms with Gasteiger partial charge in [-0.2, -0.15) is 18.4 Å². The van der Waals surface area contributed by atoms with Gasteiger partial charge in [0.25, 0.3) is 0 Å². The number of carboxylic acids is 1. The third kappa shape index (κ3) is 4.14. The number of nitrogens with zero attached hydrogens (tertiary/aromatic N) is 3. The first kappa shape index (κ1) is 18.0. The Morgan fingerprint density at radius 3 is 2.67 bits per heavy atom. The minimum Gasteiger partial charge on any atom is -0.480 e. The third-order valence-electron chi connectivity index (χ3n) is 4.02. The number of carboxylic acid groups (broad SMARTS) is 1. The number of hydrogen-bond acceptors (Lipinski definition) is 5. The van der Waals surface area contributed by atoms with Crippen LogP contribution in [0.1, 0.15) is 31.0 Å². The highest BCUT2D eigenvalue weighted by atomic mass is 19.4. The van der Waals surface area contributed by atoms with Crippen molar-refractivity contribution in [3.63, 3.8) is 0 Å². The molecular formula is C15H17F3N4O2. The zero-order valence-electron chi connectivity index (χ0n) is 13.0. The summed E-state index contributed by atoms with van der Waals surface area (Å²) in [5, 5.41) is 20.7. The summed E-state index contributed by atoms with van der Waals surface area (Å²) in [5.41, 5.74) is -1.01. The van der Waals surface area contributed by atoms with Crippen molar-refractivity contribution in [1.82, 2.24) is 9.88 Å². The molecule has 0 aromatic carbocycles. The first-order valence-corrected chi connectivity index (χ1v) is 7.45. The largest absolute Gasteiger partial charge is 0.480 e. The van der Waals surface area contributed by atoms with Crippen LogP contribution in [-0.2, 0) is 11.0 Å². The maximum absolute atomic E-state index is 12.7. The lowest BCUT2D eigenvalue weighted by Gasteiger charge is -2.42. The number of hydrogen-bond donors (Lipinski definition) is 2. The summed E-state index contributed by atoms with van der Waals surface area (Å²) in [7, 11) is 0. The normalized spacial score (nSPS) is 20.3. The Morgan fingerprint density at radius 1 is 1.50 bits per heavy atom. The molecule has 9 heteroatoms. The van der Waals surface area contributed by atoms with Crippen molar-refractivity contribution in [2.75, 3.05) is 18.4 Å². The van der Waals surface area contributed by atoms with E-state index in [0.717, 1.165) is 12.1 Å². The number of likely N-dealkylation sites (N-methyl/N-ethyl adjacent to an activating group) is 1. The monoisotopic (exact) mass is 342 g/mol. The molecule has 1 aromatic rings. The van der Waals surface area contributed by atoms with Gasteiger partial charge in [-0.25, -0.2) is 4.98 Å². The molecule has 1 fully saturated rings. The van der Waals surface area contributed by atoms with E-state index in [4.69, 9.17) is 10.4 Å². The predicted octanol–water partition coefficient (Wildman–Crippen LogP) is 2.32. The maximum Gasteiger partial charge on any atom is 0.433 e. The van der Waals surface area contributed by atoms with Crippen LogP contribution >= 0.6 is 0 Å². The maximum atomic E-state index is 12.7. The van der Waals surface area contributed by atoms with E-state index >= 15 is 0 Å². The fourth-order valence-electron chi connectivity index (χ4n) is 2.69. The second-order valence-electron chi connectivity index (χ2n) is 5.63. The Balaban J connectivity index is 2.03. The smallest absolute Gasteiger partial charge is 0.433 e. The van der Waals surface area contributed by atoms with Crippen molar-refractivity contribution >= 4 is 11.8 Å². The van der Waals surface area contributed by atoms with Gasteiger partial charge in [0.05, 0.1) is 12.1 Å². The molecule has 130 valence electrons. The first-order chi connectivity index (χ1) is 11.2. The number of aliphatic carboxylic acids is 1. The van der Waals surface area contributed by atoms with Crippen molar-refractivity contribution in [2.24, 2.45) is 0 Å². The fraction of sp³-hybridized carbons (Fsp3) is 0.533. The number of anilines is 1. The molecule has 6 nitrogen and oxygen atoms in total. The fourth-order valence-corrected chi connectivity index (χ4v) is 2.69. The zero-order chi connectivity index (χ0) is 17.9. The predicted molar refractivity (Wildman–Crippen MR) is 79.3 cm³/mol. The molecule has 0 radical (unpaired) electrons. The summed E-state index contributed by atoms with van der Waals surface area (Å²) in [6.45, 7) is 2.36. The highest BCUT2D eigenvalue weighted by Crippen LogP contribution is 2.32. The van der Waals surface area contributed by atoms with Crippen LogP contribution < -0.4 is 5.32 Å². The summed E-state index contributed by atoms with van der Waals surface area (Å²) in [4.78, 5) is 16.1. The Morgan fingerprint density at radius 2 is 2.17 bits per heavy atom. The van der Waals surface area contributed by atoms with Crippen molar-refractivity contribution in [3.8, 4) is 6.07 Å². The van der Waals surface area contributed by atoms with E-state index in [9.17, 15) is 18.0 Å². The zero-order valence-corrected chi connectivity index (χ0v) is 13.0. The molecule has 1 heterocycles. The van der Waals surface area contributed by atoms with Gasteiger partial charge in [0.2, 0.25) is 0 Å². The van der Waals surface area contributed by atoms with Crippen molar-refractivity contribution in [3.05, 3.63) is 23.4 Å². The van der Waals surface area contributed by atoms with Crippen molar-refractivity contribution in [1.29, 1.82) is 5.26 Å². The highest BCUT2D eigenvalue weighted by Gasteiger charge is 2.36. The molecule has 0 bridgehead atoms. The van der Waals surface area contributed by atoms with Gasteiger partial charge in [-0.1, -0.05) is 6.92 Å². The lowest BCUT2D eigenvalue weighted by molar-refractivity contribution is -0.141. The summed E-state index contributed by atoms with van der Waals surface area (Å²) >= 11 is 0. The molecule has 2 rings (SSSR count). The molecule has 1 aliphatic carbocycles. The van der Waals surface area contributed by atoms with E-state index in [0.29, 0.717) is 19.4 Å². The molecule has 0 atom stereocenters. The van der Waals surface area contributed by atoms with E-state index in [1.807, 2.05) is 13.0 Å². The number of rotatable bonds is 6. The van der Waals surface area contributed by atoms with E-state index in [1.54, 1.807) is 4.90 Å². The van der Waals surface area contributed by atoms with Gasteiger partial charge in [-0.3, -0.25) is 9.69 Å². The lowest BCUT2D eigenvalue weighted by Crippen LogP contribution is -2.51. The molecule has 0 saturated heterocycles. The second-order valence-corrected chi connectivity index (χ2v) is 5.63. The van der Waals surface area contributed by atoms with E-state index in [-0.39, 0.29) is 30.0 Å². The summed E-state index contributed by atoms with van der Waals surface area (Å²) in [6.07, 6.45) is -3.40. The molecule has 1 saturated carbocycles. The van der Waals surface area contributed by atoms with Crippen LogP contribution in [0.4, 0.5) is 19.0 Å². The van der Waals surface area contributed by atoms with Gasteiger partial charge >= 0.3 is 12.1 Å². The van der Waals surface area contributed by atoms with Crippen LogP contribution in [0.2, 0.25) is 0 Å². The average Bonchev–Trinajstić information content (AvgIpc) is 2.47. The summed E-state index contributed by atoms with van der Waals surface area (Å²) < 4.78 is 38.2. The molecule has 0 spiro atoms. The number of pyridine rings is 1. The molecule has 0 aliphatic heterocycles. The van der Waals surface area contributed by atoms with Crippen LogP contribution in [0.5, 0.6) is 0 Å². The van der Waals surface area contributed by atoms with Gasteiger partial charge in [0.15, 0.2) is 0 Å². The molecule has 0 unspecified atom stereocenters. The van der Waals surface area contributed by atoms with Crippen LogP contribution in [0.3, 0.4) is 0 Å². The molecule has 2 N–H and O–H groups in total. The van der Waals surface area contributed by atoms with Gasteiger partial charge < -0.3 is 10.4 Å². The van der Waals surface area contributed by atoms with Gasteiger partial charge in [0, 0.05) is 12.1 Å². The quantitative estimate of drug-likeness (QED) is 0.825. The second kappa shape index (κ2) is 7.05. The molecule has 0 amide bonds. The molecule has 1 aromatic heterocycles. The van der Waals surface area contributed by atoms with Crippen LogP contribution in [0.15, 0.2) is 12.1 Å². The Hall–Kier alpha value is -2.34. The minimum absolute atomic E-state index is 0.0457. The lowest BCUT2D eigenvalue weighted by atomic mass is 9.85. The number of alkyl halides is 3. The molecule has 24 heavy (non-hydrogen) atoms. The first-order valence-electron chi connectivity index (χ1n) is 7.45. The number of nitriles is 1. The van der Waals surface area contributed by atoms with Crippen LogP contribution in [0.25, 0.3) is 0 Å². The average molecular weight is 342 g/mol. The van der Waals surface area contributed by atoms with Gasteiger partial charge in [0.1, 0.15) is 17.6 Å².